The van der Waals surface area contributed by atoms with E-state index in [4.69, 9.17) is 11.6 Å². The number of ketones is 1. The summed E-state index contributed by atoms with van der Waals surface area (Å²) in [6, 6.07) is 15.4. The van der Waals surface area contributed by atoms with Crippen LogP contribution in [0.5, 0.6) is 0 Å². The van der Waals surface area contributed by atoms with Crippen LogP contribution in [-0.2, 0) is 0 Å². The lowest BCUT2D eigenvalue weighted by atomic mass is 10.0. The summed E-state index contributed by atoms with van der Waals surface area (Å²) in [7, 11) is 0. The number of benzene rings is 2. The Morgan fingerprint density at radius 3 is 2.58 bits per heavy atom. The molecule has 3 aromatic rings. The smallest absolute Gasteiger partial charge is 0.203 e. The topological polar surface area (TPSA) is 17.1 Å². The molecule has 94 valence electrons. The molecule has 0 bridgehead atoms. The largest absolute Gasteiger partial charge is 0.288 e. The van der Waals surface area contributed by atoms with Crippen molar-refractivity contribution >= 4 is 55.4 Å². The highest BCUT2D eigenvalue weighted by Gasteiger charge is 2.16. The highest BCUT2D eigenvalue weighted by molar-refractivity contribution is 9.10. The highest BCUT2D eigenvalue weighted by Crippen LogP contribution is 2.34. The first-order valence-electron chi connectivity index (χ1n) is 5.64. The molecule has 1 heterocycles. The molecule has 3 rings (SSSR count). The fourth-order valence-corrected chi connectivity index (χ4v) is 3.67. The lowest BCUT2D eigenvalue weighted by Gasteiger charge is -2.03. The van der Waals surface area contributed by atoms with E-state index in [0.29, 0.717) is 14.8 Å². The van der Waals surface area contributed by atoms with Crippen LogP contribution in [0.1, 0.15) is 15.2 Å². The van der Waals surface area contributed by atoms with E-state index in [-0.39, 0.29) is 5.78 Å². The number of thiophene rings is 1. The minimum Gasteiger partial charge on any atom is -0.288 e. The average Bonchev–Trinajstić information content (AvgIpc) is 2.77. The van der Waals surface area contributed by atoms with Gasteiger partial charge in [-0.2, -0.15) is 0 Å². The Labute approximate surface area is 128 Å². The summed E-state index contributed by atoms with van der Waals surface area (Å²) < 4.78 is 1.37. The Morgan fingerprint density at radius 2 is 1.84 bits per heavy atom. The fraction of sp³-hybridized carbons (Fsp3) is 0. The maximum Gasteiger partial charge on any atom is 0.203 e. The maximum atomic E-state index is 12.6. The number of carbonyl (C=O) groups is 1. The third-order valence-electron chi connectivity index (χ3n) is 2.90. The molecule has 1 nitrogen and oxygen atoms in total. The van der Waals surface area contributed by atoms with E-state index >= 15 is 0 Å². The number of rotatable bonds is 2. The Kier molecular flexibility index (Phi) is 3.44. The van der Waals surface area contributed by atoms with Crippen molar-refractivity contribution in [1.82, 2.24) is 0 Å². The van der Waals surface area contributed by atoms with Gasteiger partial charge in [0.2, 0.25) is 5.78 Å². The van der Waals surface area contributed by atoms with Crippen molar-refractivity contribution < 1.29 is 4.79 Å². The van der Waals surface area contributed by atoms with Crippen LogP contribution < -0.4 is 0 Å². The Bertz CT molecular complexity index is 754. The molecule has 1 aromatic heterocycles. The fourth-order valence-electron chi connectivity index (χ4n) is 2.01. The zero-order chi connectivity index (χ0) is 13.4. The molecule has 0 aliphatic rings. The Morgan fingerprint density at radius 1 is 1.11 bits per heavy atom. The molecular weight excluding hydrogens is 344 g/mol. The van der Waals surface area contributed by atoms with Gasteiger partial charge in [-0.25, -0.2) is 0 Å². The number of hydrogen-bond acceptors (Lipinski definition) is 2. The summed E-state index contributed by atoms with van der Waals surface area (Å²) in [6.45, 7) is 0. The molecule has 0 amide bonds. The molecule has 0 spiro atoms. The van der Waals surface area contributed by atoms with Gasteiger partial charge in [-0.3, -0.25) is 4.79 Å². The van der Waals surface area contributed by atoms with Crippen molar-refractivity contribution in [3.05, 3.63) is 67.8 Å². The minimum absolute atomic E-state index is 0.00870. The first kappa shape index (κ1) is 12.9. The van der Waals surface area contributed by atoms with E-state index < -0.39 is 0 Å². The summed E-state index contributed by atoms with van der Waals surface area (Å²) in [4.78, 5) is 13.2. The Balaban J connectivity index is 2.16. The number of hydrogen-bond donors (Lipinski definition) is 0. The van der Waals surface area contributed by atoms with Crippen molar-refractivity contribution in [2.24, 2.45) is 0 Å². The monoisotopic (exact) mass is 350 g/mol. The first-order chi connectivity index (χ1) is 9.16. The summed E-state index contributed by atoms with van der Waals surface area (Å²) in [5.41, 5.74) is 0.712. The van der Waals surface area contributed by atoms with Gasteiger partial charge in [-0.05, 0) is 32.8 Å². The van der Waals surface area contributed by atoms with Crippen molar-refractivity contribution in [3.63, 3.8) is 0 Å². The van der Waals surface area contributed by atoms with Gasteiger partial charge in [0.1, 0.15) is 4.34 Å². The predicted molar refractivity (Wildman–Crippen MR) is 84.4 cm³/mol. The number of carbonyl (C=O) groups excluding carboxylic acids is 1. The molecule has 0 radical (unpaired) electrons. The van der Waals surface area contributed by atoms with Crippen LogP contribution >= 0.6 is 38.9 Å². The molecule has 0 aliphatic carbocycles. The summed E-state index contributed by atoms with van der Waals surface area (Å²) in [5.74, 6) is 0.00870. The van der Waals surface area contributed by atoms with Gasteiger partial charge >= 0.3 is 0 Å². The first-order valence-corrected chi connectivity index (χ1v) is 7.63. The molecule has 4 heteroatoms. The van der Waals surface area contributed by atoms with Crippen LogP contribution in [0.25, 0.3) is 10.8 Å². The zero-order valence-corrected chi connectivity index (χ0v) is 12.8. The van der Waals surface area contributed by atoms with Crippen molar-refractivity contribution in [3.8, 4) is 0 Å². The van der Waals surface area contributed by atoms with E-state index in [1.54, 1.807) is 6.07 Å². The van der Waals surface area contributed by atoms with E-state index in [1.807, 2.05) is 42.5 Å². The molecule has 0 saturated heterocycles. The quantitative estimate of drug-likeness (QED) is 0.553. The SMILES string of the molecule is O=C(c1cc(Br)c(Cl)s1)c1cccc2ccccc12. The minimum atomic E-state index is 0.00870. The van der Waals surface area contributed by atoms with Crippen LogP contribution in [0.15, 0.2) is 53.0 Å². The summed E-state index contributed by atoms with van der Waals surface area (Å²) in [5, 5.41) is 2.03. The van der Waals surface area contributed by atoms with Crippen LogP contribution in [0.3, 0.4) is 0 Å². The standard InChI is InChI=1S/C15H8BrClOS/c16-12-8-13(19-15(12)17)14(18)11-7-3-5-9-4-1-2-6-10(9)11/h1-8H. The van der Waals surface area contributed by atoms with Gasteiger partial charge in [0.25, 0.3) is 0 Å². The third-order valence-corrected chi connectivity index (χ3v) is 5.38. The molecule has 0 saturated carbocycles. The molecule has 0 aliphatic heterocycles. The van der Waals surface area contributed by atoms with E-state index in [1.165, 1.54) is 11.3 Å². The van der Waals surface area contributed by atoms with Gasteiger partial charge in [-0.15, -0.1) is 11.3 Å². The van der Waals surface area contributed by atoms with Gasteiger partial charge < -0.3 is 0 Å². The number of fused-ring (bicyclic) bond motifs is 1. The van der Waals surface area contributed by atoms with Gasteiger partial charge in [0.05, 0.1) is 4.88 Å². The van der Waals surface area contributed by atoms with Crippen molar-refractivity contribution in [2.45, 2.75) is 0 Å². The van der Waals surface area contributed by atoms with Crippen LogP contribution in [-0.4, -0.2) is 5.78 Å². The van der Waals surface area contributed by atoms with Gasteiger partial charge in [0.15, 0.2) is 0 Å². The second-order valence-electron chi connectivity index (χ2n) is 4.09. The van der Waals surface area contributed by atoms with Crippen LogP contribution in [0.2, 0.25) is 4.34 Å². The van der Waals surface area contributed by atoms with Crippen molar-refractivity contribution in [1.29, 1.82) is 0 Å². The van der Waals surface area contributed by atoms with Gasteiger partial charge in [0, 0.05) is 10.0 Å². The molecular formula is C15H8BrClOS. The summed E-state index contributed by atoms with van der Waals surface area (Å²) in [6.07, 6.45) is 0. The van der Waals surface area contributed by atoms with E-state index in [2.05, 4.69) is 15.9 Å². The predicted octanol–water partition coefficient (Wildman–Crippen LogP) is 5.55. The second kappa shape index (κ2) is 5.08. The molecule has 0 N–H and O–H groups in total. The second-order valence-corrected chi connectivity index (χ2v) is 6.60. The summed E-state index contributed by atoms with van der Waals surface area (Å²) >= 11 is 10.6. The zero-order valence-electron chi connectivity index (χ0n) is 9.69. The highest BCUT2D eigenvalue weighted by atomic mass is 79.9. The lowest BCUT2D eigenvalue weighted by molar-refractivity contribution is 0.104. The third kappa shape index (κ3) is 2.34. The van der Waals surface area contributed by atoms with E-state index in [9.17, 15) is 4.79 Å². The normalized spacial score (nSPS) is 10.8. The maximum absolute atomic E-state index is 12.6. The van der Waals surface area contributed by atoms with Gasteiger partial charge in [-0.1, -0.05) is 54.1 Å². The average molecular weight is 352 g/mol. The Hall–Kier alpha value is -1.16. The molecule has 0 unspecified atom stereocenters. The molecule has 2 aromatic carbocycles. The van der Waals surface area contributed by atoms with Crippen LogP contribution in [0.4, 0.5) is 0 Å². The van der Waals surface area contributed by atoms with Crippen molar-refractivity contribution in [2.75, 3.05) is 0 Å². The van der Waals surface area contributed by atoms with E-state index in [0.717, 1.165) is 15.2 Å². The number of halogens is 2. The molecule has 0 fully saturated rings. The molecule has 0 atom stereocenters. The van der Waals surface area contributed by atoms with Crippen LogP contribution in [0, 0.1) is 0 Å². The molecule has 19 heavy (non-hydrogen) atoms. The lowest BCUT2D eigenvalue weighted by Crippen LogP contribution is -1.99.